The van der Waals surface area contributed by atoms with Gasteiger partial charge in [0.15, 0.2) is 5.96 Å². The van der Waals surface area contributed by atoms with Gasteiger partial charge in [0.2, 0.25) is 0 Å². The lowest BCUT2D eigenvalue weighted by Crippen LogP contribution is -2.46. The van der Waals surface area contributed by atoms with Gasteiger partial charge in [-0.05, 0) is 61.7 Å². The minimum Gasteiger partial charge on any atom is -0.385 e. The summed E-state index contributed by atoms with van der Waals surface area (Å²) in [6.45, 7) is 6.16. The van der Waals surface area contributed by atoms with Crippen LogP contribution in [0, 0.1) is 5.41 Å². The summed E-state index contributed by atoms with van der Waals surface area (Å²) < 4.78 is 5.32. The number of guanidine groups is 1. The van der Waals surface area contributed by atoms with Crippen LogP contribution in [0.1, 0.15) is 62.5 Å². The Morgan fingerprint density at radius 1 is 1.03 bits per heavy atom. The van der Waals surface area contributed by atoms with Gasteiger partial charge in [0.1, 0.15) is 0 Å². The molecule has 0 aromatic heterocycles. The highest BCUT2D eigenvalue weighted by Crippen LogP contribution is 2.43. The molecule has 30 heavy (non-hydrogen) atoms. The van der Waals surface area contributed by atoms with Crippen LogP contribution in [0.15, 0.2) is 29.3 Å². The molecule has 0 atom stereocenters. The number of nitrogens with zero attached hydrogens (tertiary/aromatic N) is 2. The summed E-state index contributed by atoms with van der Waals surface area (Å²) in [5.74, 6) is 0.901. The van der Waals surface area contributed by atoms with Crippen LogP contribution in [-0.4, -0.2) is 51.3 Å². The van der Waals surface area contributed by atoms with Gasteiger partial charge in [-0.1, -0.05) is 43.5 Å². The summed E-state index contributed by atoms with van der Waals surface area (Å²) in [5, 5.41) is 7.12. The molecule has 1 aliphatic carbocycles. The predicted octanol–water partition coefficient (Wildman–Crippen LogP) is 4.55. The average Bonchev–Trinajstić information content (AvgIpc) is 2.99. The fourth-order valence-corrected chi connectivity index (χ4v) is 4.60. The quantitative estimate of drug-likeness (QED) is 0.281. The van der Waals surface area contributed by atoms with E-state index in [1.54, 1.807) is 7.11 Å². The molecule has 170 valence electrons. The Morgan fingerprint density at radius 3 is 2.33 bits per heavy atom. The SMILES string of the molecule is CN=C(NCc1ccccc1CN1CCCCCC1)NCC1(CCOC)CCC1.I. The maximum Gasteiger partial charge on any atom is 0.191 e. The Labute approximate surface area is 200 Å². The molecule has 1 saturated heterocycles. The normalized spacial score (nSPS) is 19.3. The van der Waals surface area contributed by atoms with E-state index in [0.29, 0.717) is 5.41 Å². The molecule has 2 fully saturated rings. The van der Waals surface area contributed by atoms with Crippen LogP contribution in [0.3, 0.4) is 0 Å². The predicted molar refractivity (Wildman–Crippen MR) is 137 cm³/mol. The number of aliphatic imine (C=N–C) groups is 1. The van der Waals surface area contributed by atoms with Crippen molar-refractivity contribution in [1.29, 1.82) is 0 Å². The van der Waals surface area contributed by atoms with Gasteiger partial charge in [0.25, 0.3) is 0 Å². The largest absolute Gasteiger partial charge is 0.385 e. The lowest BCUT2D eigenvalue weighted by molar-refractivity contribution is 0.0732. The fourth-order valence-electron chi connectivity index (χ4n) is 4.60. The van der Waals surface area contributed by atoms with Gasteiger partial charge in [-0.15, -0.1) is 24.0 Å². The molecule has 1 heterocycles. The Hall–Kier alpha value is -0.860. The van der Waals surface area contributed by atoms with E-state index in [1.807, 2.05) is 7.05 Å². The van der Waals surface area contributed by atoms with Crippen molar-refractivity contribution < 1.29 is 4.74 Å². The first-order valence-corrected chi connectivity index (χ1v) is 11.5. The van der Waals surface area contributed by atoms with Gasteiger partial charge < -0.3 is 15.4 Å². The molecular formula is C24H41IN4O. The van der Waals surface area contributed by atoms with Crippen molar-refractivity contribution in [3.63, 3.8) is 0 Å². The van der Waals surface area contributed by atoms with Crippen LogP contribution < -0.4 is 10.6 Å². The molecule has 2 aliphatic rings. The Morgan fingerprint density at radius 2 is 1.73 bits per heavy atom. The number of rotatable bonds is 9. The average molecular weight is 529 g/mol. The van der Waals surface area contributed by atoms with E-state index in [0.717, 1.165) is 38.6 Å². The van der Waals surface area contributed by atoms with Crippen LogP contribution >= 0.6 is 24.0 Å². The minimum absolute atomic E-state index is 0. The van der Waals surface area contributed by atoms with E-state index in [1.165, 1.54) is 69.2 Å². The first kappa shape index (κ1) is 25.4. The Bertz CT molecular complexity index is 640. The number of benzene rings is 1. The summed E-state index contributed by atoms with van der Waals surface area (Å²) in [6, 6.07) is 8.85. The lowest BCUT2D eigenvalue weighted by atomic mass is 9.67. The number of hydrogen-bond acceptors (Lipinski definition) is 3. The molecule has 0 spiro atoms. The molecular weight excluding hydrogens is 487 g/mol. The topological polar surface area (TPSA) is 48.9 Å². The third-order valence-electron chi connectivity index (χ3n) is 6.76. The van der Waals surface area contributed by atoms with Gasteiger partial charge in [-0.3, -0.25) is 9.89 Å². The minimum atomic E-state index is 0. The number of halogens is 1. The molecule has 0 unspecified atom stereocenters. The maximum atomic E-state index is 5.32. The van der Waals surface area contributed by atoms with Crippen LogP contribution in [-0.2, 0) is 17.8 Å². The first-order valence-electron chi connectivity index (χ1n) is 11.5. The Kier molecular flexibility index (Phi) is 11.5. The molecule has 1 aliphatic heterocycles. The number of methoxy groups -OCH3 is 1. The zero-order chi connectivity index (χ0) is 20.4. The van der Waals surface area contributed by atoms with E-state index >= 15 is 0 Å². The van der Waals surface area contributed by atoms with Crippen molar-refractivity contribution in [3.8, 4) is 0 Å². The molecule has 5 nitrogen and oxygen atoms in total. The summed E-state index contributed by atoms with van der Waals surface area (Å²) in [5.41, 5.74) is 3.20. The third kappa shape index (κ3) is 7.68. The summed E-state index contributed by atoms with van der Waals surface area (Å²) >= 11 is 0. The highest BCUT2D eigenvalue weighted by atomic mass is 127. The van der Waals surface area contributed by atoms with Crippen LogP contribution in [0.25, 0.3) is 0 Å². The van der Waals surface area contributed by atoms with Crippen molar-refractivity contribution in [2.75, 3.05) is 40.4 Å². The molecule has 0 radical (unpaired) electrons. The van der Waals surface area contributed by atoms with Crippen molar-refractivity contribution in [2.45, 2.75) is 64.5 Å². The summed E-state index contributed by atoms with van der Waals surface area (Å²) in [7, 11) is 3.66. The highest BCUT2D eigenvalue weighted by molar-refractivity contribution is 14.0. The van der Waals surface area contributed by atoms with Crippen molar-refractivity contribution in [2.24, 2.45) is 10.4 Å². The first-order chi connectivity index (χ1) is 14.2. The van der Waals surface area contributed by atoms with Crippen molar-refractivity contribution in [3.05, 3.63) is 35.4 Å². The van der Waals surface area contributed by atoms with E-state index < -0.39 is 0 Å². The summed E-state index contributed by atoms with van der Waals surface area (Å²) in [4.78, 5) is 7.08. The van der Waals surface area contributed by atoms with Gasteiger partial charge in [0, 0.05) is 40.4 Å². The van der Waals surface area contributed by atoms with Crippen LogP contribution in [0.2, 0.25) is 0 Å². The summed E-state index contributed by atoms with van der Waals surface area (Å²) in [6.07, 6.45) is 10.5. The van der Waals surface area contributed by atoms with Gasteiger partial charge in [-0.2, -0.15) is 0 Å². The van der Waals surface area contributed by atoms with Gasteiger partial charge in [-0.25, -0.2) is 0 Å². The second-order valence-corrected chi connectivity index (χ2v) is 8.83. The molecule has 1 saturated carbocycles. The van der Waals surface area contributed by atoms with E-state index in [2.05, 4.69) is 44.8 Å². The Balaban J connectivity index is 0.00000320. The zero-order valence-electron chi connectivity index (χ0n) is 18.9. The third-order valence-corrected chi connectivity index (χ3v) is 6.76. The molecule has 0 bridgehead atoms. The highest BCUT2D eigenvalue weighted by Gasteiger charge is 2.36. The zero-order valence-corrected chi connectivity index (χ0v) is 21.3. The van der Waals surface area contributed by atoms with E-state index in [9.17, 15) is 0 Å². The van der Waals surface area contributed by atoms with Crippen molar-refractivity contribution in [1.82, 2.24) is 15.5 Å². The van der Waals surface area contributed by atoms with Gasteiger partial charge >= 0.3 is 0 Å². The number of likely N-dealkylation sites (tertiary alicyclic amines) is 1. The van der Waals surface area contributed by atoms with Gasteiger partial charge in [0.05, 0.1) is 0 Å². The maximum absolute atomic E-state index is 5.32. The molecule has 1 aromatic carbocycles. The second kappa shape index (κ2) is 13.5. The van der Waals surface area contributed by atoms with E-state index in [-0.39, 0.29) is 24.0 Å². The number of nitrogens with one attached hydrogen (secondary N) is 2. The number of ether oxygens (including phenoxy) is 1. The van der Waals surface area contributed by atoms with E-state index in [4.69, 9.17) is 4.74 Å². The molecule has 2 N–H and O–H groups in total. The number of hydrogen-bond donors (Lipinski definition) is 2. The van der Waals surface area contributed by atoms with Crippen molar-refractivity contribution >= 4 is 29.9 Å². The molecule has 0 amide bonds. The fraction of sp³-hybridized carbons (Fsp3) is 0.708. The second-order valence-electron chi connectivity index (χ2n) is 8.83. The molecule has 1 aromatic rings. The smallest absolute Gasteiger partial charge is 0.191 e. The molecule has 3 rings (SSSR count). The van der Waals surface area contributed by atoms with Crippen LogP contribution in [0.5, 0.6) is 0 Å². The molecule has 6 heteroatoms. The standard InChI is InChI=1S/C24H40N4O.HI/c1-25-23(27-20-24(12-9-13-24)14-17-29-2)26-18-21-10-5-6-11-22(21)19-28-15-7-3-4-8-16-28;/h5-6,10-11H,3-4,7-9,12-20H2,1-2H3,(H2,25,26,27);1H. The van der Waals surface area contributed by atoms with Crippen LogP contribution in [0.4, 0.5) is 0 Å². The monoisotopic (exact) mass is 528 g/mol. The lowest BCUT2D eigenvalue weighted by Gasteiger charge is -2.42.